The molecule has 0 spiro atoms. The highest BCUT2D eigenvalue weighted by Crippen LogP contribution is 2.27. The summed E-state index contributed by atoms with van der Waals surface area (Å²) < 4.78 is 10.6. The summed E-state index contributed by atoms with van der Waals surface area (Å²) in [6.07, 6.45) is 14.4. The van der Waals surface area contributed by atoms with Crippen molar-refractivity contribution in [1.29, 1.82) is 0 Å². The third-order valence-corrected chi connectivity index (χ3v) is 5.51. The highest BCUT2D eigenvalue weighted by molar-refractivity contribution is 5.72. The Morgan fingerprint density at radius 2 is 1.14 bits per heavy atom. The van der Waals surface area contributed by atoms with E-state index in [1.807, 2.05) is 27.7 Å². The molecule has 0 aromatic rings. The van der Waals surface area contributed by atoms with Crippen LogP contribution in [0.1, 0.15) is 125 Å². The minimum absolute atomic E-state index is 0.00294. The lowest BCUT2D eigenvalue weighted by molar-refractivity contribution is -0.155. The van der Waals surface area contributed by atoms with Crippen LogP contribution in [0.5, 0.6) is 0 Å². The molecule has 0 amide bonds. The molecule has 0 saturated carbocycles. The lowest BCUT2D eigenvalue weighted by atomic mass is 9.84. The average Bonchev–Trinajstić information content (AvgIpc) is 2.63. The average molecular weight is 413 g/mol. The Kier molecular flexibility index (Phi) is 17.1. The molecule has 0 rings (SSSR count). The molecule has 0 heterocycles. The van der Waals surface area contributed by atoms with Crippen molar-refractivity contribution in [2.45, 2.75) is 137 Å². The van der Waals surface area contributed by atoms with E-state index in [9.17, 15) is 9.59 Å². The highest BCUT2D eigenvalue weighted by Gasteiger charge is 2.27. The fourth-order valence-electron chi connectivity index (χ4n) is 3.94. The SMILES string of the molecule is CCC(CCCCCCCCCCCC(=O)OC(C)C)C(CC)C(=O)OC(C)C. The predicted molar refractivity (Wildman–Crippen MR) is 121 cm³/mol. The number of hydrogen-bond acceptors (Lipinski definition) is 4. The van der Waals surface area contributed by atoms with Gasteiger partial charge in [-0.05, 0) is 52.9 Å². The molecule has 0 radical (unpaired) electrons. The summed E-state index contributed by atoms with van der Waals surface area (Å²) in [5, 5.41) is 0. The van der Waals surface area contributed by atoms with Gasteiger partial charge in [-0.3, -0.25) is 9.59 Å². The Labute approximate surface area is 180 Å². The molecule has 2 atom stereocenters. The number of esters is 2. The first kappa shape index (κ1) is 27.9. The van der Waals surface area contributed by atoms with Crippen molar-refractivity contribution in [3.8, 4) is 0 Å². The van der Waals surface area contributed by atoms with E-state index in [-0.39, 0.29) is 30.1 Å². The summed E-state index contributed by atoms with van der Waals surface area (Å²) in [5.74, 6) is 0.439. The summed E-state index contributed by atoms with van der Waals surface area (Å²) in [4.78, 5) is 23.8. The fourth-order valence-corrected chi connectivity index (χ4v) is 3.94. The smallest absolute Gasteiger partial charge is 0.309 e. The molecule has 0 aromatic carbocycles. The number of hydrogen-bond donors (Lipinski definition) is 0. The van der Waals surface area contributed by atoms with Crippen LogP contribution >= 0.6 is 0 Å². The molecule has 4 heteroatoms. The second kappa shape index (κ2) is 17.8. The van der Waals surface area contributed by atoms with E-state index >= 15 is 0 Å². The molecule has 29 heavy (non-hydrogen) atoms. The Hall–Kier alpha value is -1.06. The number of carbonyl (C=O) groups excluding carboxylic acids is 2. The maximum atomic E-state index is 12.3. The van der Waals surface area contributed by atoms with Gasteiger partial charge in [0.05, 0.1) is 18.1 Å². The maximum absolute atomic E-state index is 12.3. The predicted octanol–water partition coefficient (Wildman–Crippen LogP) is 7.23. The highest BCUT2D eigenvalue weighted by atomic mass is 16.5. The van der Waals surface area contributed by atoms with Gasteiger partial charge < -0.3 is 9.47 Å². The van der Waals surface area contributed by atoms with Crippen molar-refractivity contribution in [3.05, 3.63) is 0 Å². The topological polar surface area (TPSA) is 52.6 Å². The quantitative estimate of drug-likeness (QED) is 0.176. The zero-order chi connectivity index (χ0) is 22.1. The molecular formula is C25H48O4. The molecule has 0 aliphatic carbocycles. The van der Waals surface area contributed by atoms with Gasteiger partial charge in [0.2, 0.25) is 0 Å². The van der Waals surface area contributed by atoms with Crippen molar-refractivity contribution < 1.29 is 19.1 Å². The van der Waals surface area contributed by atoms with Crippen molar-refractivity contribution in [2.75, 3.05) is 0 Å². The first-order chi connectivity index (χ1) is 13.8. The van der Waals surface area contributed by atoms with E-state index in [0.29, 0.717) is 12.3 Å². The van der Waals surface area contributed by atoms with Crippen molar-refractivity contribution >= 4 is 11.9 Å². The summed E-state index contributed by atoms with van der Waals surface area (Å²) >= 11 is 0. The van der Waals surface area contributed by atoms with E-state index in [0.717, 1.165) is 32.1 Å². The van der Waals surface area contributed by atoms with Crippen LogP contribution in [0.2, 0.25) is 0 Å². The molecule has 172 valence electrons. The van der Waals surface area contributed by atoms with Gasteiger partial charge in [-0.15, -0.1) is 0 Å². The second-order valence-electron chi connectivity index (χ2n) is 8.93. The number of ether oxygens (including phenoxy) is 2. The molecule has 0 bridgehead atoms. The van der Waals surface area contributed by atoms with Crippen LogP contribution in [0, 0.1) is 11.8 Å². The van der Waals surface area contributed by atoms with Crippen molar-refractivity contribution in [3.63, 3.8) is 0 Å². The van der Waals surface area contributed by atoms with E-state index in [1.54, 1.807) is 0 Å². The molecule has 4 nitrogen and oxygen atoms in total. The van der Waals surface area contributed by atoms with E-state index in [1.165, 1.54) is 44.9 Å². The van der Waals surface area contributed by atoms with Crippen LogP contribution in [0.4, 0.5) is 0 Å². The van der Waals surface area contributed by atoms with E-state index in [4.69, 9.17) is 9.47 Å². The number of unbranched alkanes of at least 4 members (excludes halogenated alkanes) is 8. The third-order valence-electron chi connectivity index (χ3n) is 5.51. The first-order valence-electron chi connectivity index (χ1n) is 12.2. The lowest BCUT2D eigenvalue weighted by Gasteiger charge is -2.24. The maximum Gasteiger partial charge on any atom is 0.309 e. The third kappa shape index (κ3) is 15.4. The standard InChI is InChI=1S/C25H48O4/c1-7-22(23(8-2)25(27)29-21(5)6)18-16-14-12-10-9-11-13-15-17-19-24(26)28-20(3)4/h20-23H,7-19H2,1-6H3. The minimum Gasteiger partial charge on any atom is -0.463 e. The molecule has 0 aliphatic heterocycles. The second-order valence-corrected chi connectivity index (χ2v) is 8.93. The van der Waals surface area contributed by atoms with E-state index < -0.39 is 0 Å². The normalized spacial score (nSPS) is 13.5. The molecule has 0 fully saturated rings. The largest absolute Gasteiger partial charge is 0.463 e. The van der Waals surface area contributed by atoms with Crippen LogP contribution in [0.3, 0.4) is 0 Å². The van der Waals surface area contributed by atoms with Gasteiger partial charge in [0.25, 0.3) is 0 Å². The number of rotatable bonds is 18. The first-order valence-corrected chi connectivity index (χ1v) is 12.2. The molecule has 0 aliphatic rings. The fraction of sp³-hybridized carbons (Fsp3) is 0.920. The Morgan fingerprint density at radius 1 is 0.655 bits per heavy atom. The molecular weight excluding hydrogens is 364 g/mol. The van der Waals surface area contributed by atoms with E-state index in [2.05, 4.69) is 13.8 Å². The summed E-state index contributed by atoms with van der Waals surface area (Å²) in [6, 6.07) is 0. The Morgan fingerprint density at radius 3 is 1.59 bits per heavy atom. The zero-order valence-corrected chi connectivity index (χ0v) is 20.1. The van der Waals surface area contributed by atoms with Crippen LogP contribution in [-0.2, 0) is 19.1 Å². The van der Waals surface area contributed by atoms with Gasteiger partial charge in [-0.2, -0.15) is 0 Å². The molecule has 2 unspecified atom stereocenters. The zero-order valence-electron chi connectivity index (χ0n) is 20.1. The van der Waals surface area contributed by atoms with Gasteiger partial charge in [0.15, 0.2) is 0 Å². The van der Waals surface area contributed by atoms with Gasteiger partial charge in [0, 0.05) is 6.42 Å². The monoisotopic (exact) mass is 412 g/mol. The molecule has 0 saturated heterocycles. The van der Waals surface area contributed by atoms with Crippen LogP contribution in [-0.4, -0.2) is 24.1 Å². The summed E-state index contributed by atoms with van der Waals surface area (Å²) in [7, 11) is 0. The lowest BCUT2D eigenvalue weighted by Crippen LogP contribution is -2.27. The molecule has 0 N–H and O–H groups in total. The molecule has 0 aromatic heterocycles. The van der Waals surface area contributed by atoms with Crippen LogP contribution < -0.4 is 0 Å². The summed E-state index contributed by atoms with van der Waals surface area (Å²) in [6.45, 7) is 11.9. The Bertz CT molecular complexity index is 417. The minimum atomic E-state index is -0.0619. The van der Waals surface area contributed by atoms with Crippen molar-refractivity contribution in [2.24, 2.45) is 11.8 Å². The van der Waals surface area contributed by atoms with Gasteiger partial charge in [0.1, 0.15) is 0 Å². The van der Waals surface area contributed by atoms with Gasteiger partial charge in [-0.25, -0.2) is 0 Å². The van der Waals surface area contributed by atoms with Crippen LogP contribution in [0.25, 0.3) is 0 Å². The Balaban J connectivity index is 3.71. The van der Waals surface area contributed by atoms with Gasteiger partial charge >= 0.3 is 11.9 Å². The number of carbonyl (C=O) groups is 2. The van der Waals surface area contributed by atoms with Crippen LogP contribution in [0.15, 0.2) is 0 Å². The summed E-state index contributed by atoms with van der Waals surface area (Å²) in [5.41, 5.74) is 0. The van der Waals surface area contributed by atoms with Gasteiger partial charge in [-0.1, -0.05) is 71.6 Å². The van der Waals surface area contributed by atoms with Crippen molar-refractivity contribution in [1.82, 2.24) is 0 Å².